The monoisotopic (exact) mass is 181 g/mol. The number of pyridine rings is 1. The summed E-state index contributed by atoms with van der Waals surface area (Å²) >= 11 is 6.14. The molecule has 1 aromatic heterocycles. The molecule has 0 saturated carbocycles. The molecular weight excluding hydrogens is 170 g/mol. The Morgan fingerprint density at radius 3 is 3.25 bits per heavy atom. The highest BCUT2D eigenvalue weighted by molar-refractivity contribution is 6.20. The van der Waals surface area contributed by atoms with Gasteiger partial charge in [0.2, 0.25) is 0 Å². The largest absolute Gasteiger partial charge is 0.259 e. The fraction of sp³-hybridized carbons (Fsp3) is 0.500. The summed E-state index contributed by atoms with van der Waals surface area (Å²) < 4.78 is 0. The maximum atomic E-state index is 6.14. The van der Waals surface area contributed by atoms with Crippen LogP contribution in [0.15, 0.2) is 12.3 Å². The van der Waals surface area contributed by atoms with Crippen LogP contribution in [-0.4, -0.2) is 4.98 Å². The van der Waals surface area contributed by atoms with Gasteiger partial charge in [-0.05, 0) is 37.3 Å². The molecule has 0 bridgehead atoms. The number of alkyl halides is 1. The van der Waals surface area contributed by atoms with Crippen LogP contribution in [0.1, 0.15) is 35.0 Å². The topological polar surface area (TPSA) is 12.9 Å². The predicted molar refractivity (Wildman–Crippen MR) is 50.5 cm³/mol. The summed E-state index contributed by atoms with van der Waals surface area (Å²) in [7, 11) is 0. The van der Waals surface area contributed by atoms with Gasteiger partial charge in [0.1, 0.15) is 0 Å². The molecule has 2 heteroatoms. The lowest BCUT2D eigenvalue weighted by Crippen LogP contribution is -2.07. The van der Waals surface area contributed by atoms with E-state index in [1.165, 1.54) is 17.5 Å². The maximum absolute atomic E-state index is 6.14. The number of aryl methyl sites for hydroxylation is 2. The SMILES string of the molecule is Cc1cnc2c(c1)CCCC2Cl. The van der Waals surface area contributed by atoms with Crippen LogP contribution in [0, 0.1) is 6.92 Å². The van der Waals surface area contributed by atoms with Crippen molar-refractivity contribution in [2.24, 2.45) is 0 Å². The van der Waals surface area contributed by atoms with Crippen LogP contribution in [0.25, 0.3) is 0 Å². The zero-order valence-electron chi connectivity index (χ0n) is 7.18. The molecule has 0 N–H and O–H groups in total. The Hall–Kier alpha value is -0.560. The fourth-order valence-electron chi connectivity index (χ4n) is 1.73. The van der Waals surface area contributed by atoms with Crippen LogP contribution >= 0.6 is 11.6 Å². The van der Waals surface area contributed by atoms with Gasteiger partial charge in [0.15, 0.2) is 0 Å². The Morgan fingerprint density at radius 2 is 2.42 bits per heavy atom. The van der Waals surface area contributed by atoms with Crippen LogP contribution in [0.5, 0.6) is 0 Å². The molecule has 2 rings (SSSR count). The van der Waals surface area contributed by atoms with E-state index in [0.717, 1.165) is 18.5 Å². The summed E-state index contributed by atoms with van der Waals surface area (Å²) in [6.45, 7) is 2.07. The summed E-state index contributed by atoms with van der Waals surface area (Å²) in [5, 5.41) is 0.148. The van der Waals surface area contributed by atoms with Gasteiger partial charge >= 0.3 is 0 Å². The third-order valence-electron chi connectivity index (χ3n) is 2.34. The van der Waals surface area contributed by atoms with Crippen molar-refractivity contribution in [1.29, 1.82) is 0 Å². The van der Waals surface area contributed by atoms with Gasteiger partial charge in [0, 0.05) is 6.20 Å². The maximum Gasteiger partial charge on any atom is 0.0760 e. The zero-order valence-corrected chi connectivity index (χ0v) is 7.93. The number of rotatable bonds is 0. The lowest BCUT2D eigenvalue weighted by atomic mass is 9.95. The van der Waals surface area contributed by atoms with E-state index >= 15 is 0 Å². The second-order valence-electron chi connectivity index (χ2n) is 3.42. The first-order chi connectivity index (χ1) is 5.77. The van der Waals surface area contributed by atoms with Crippen molar-refractivity contribution < 1.29 is 0 Å². The van der Waals surface area contributed by atoms with Gasteiger partial charge in [-0.3, -0.25) is 4.98 Å². The molecule has 0 fully saturated rings. The van der Waals surface area contributed by atoms with Gasteiger partial charge in [-0.25, -0.2) is 0 Å². The van der Waals surface area contributed by atoms with Crippen molar-refractivity contribution in [2.75, 3.05) is 0 Å². The Morgan fingerprint density at radius 1 is 1.58 bits per heavy atom. The highest BCUT2D eigenvalue weighted by Crippen LogP contribution is 2.32. The van der Waals surface area contributed by atoms with E-state index in [4.69, 9.17) is 11.6 Å². The third kappa shape index (κ3) is 1.34. The smallest absolute Gasteiger partial charge is 0.0760 e. The average molecular weight is 182 g/mol. The van der Waals surface area contributed by atoms with Gasteiger partial charge < -0.3 is 0 Å². The normalized spacial score (nSPS) is 22.0. The molecule has 1 heterocycles. The summed E-state index contributed by atoms with van der Waals surface area (Å²) in [5.74, 6) is 0. The molecule has 0 aromatic carbocycles. The van der Waals surface area contributed by atoms with Gasteiger partial charge in [-0.2, -0.15) is 0 Å². The van der Waals surface area contributed by atoms with E-state index in [1.54, 1.807) is 0 Å². The number of nitrogens with zero attached hydrogens (tertiary/aromatic N) is 1. The molecule has 1 atom stereocenters. The van der Waals surface area contributed by atoms with Crippen LogP contribution in [0.3, 0.4) is 0 Å². The molecule has 0 aliphatic heterocycles. The van der Waals surface area contributed by atoms with Crippen LogP contribution in [0.2, 0.25) is 0 Å². The second-order valence-corrected chi connectivity index (χ2v) is 3.94. The van der Waals surface area contributed by atoms with Gasteiger partial charge in [0.25, 0.3) is 0 Å². The molecule has 1 unspecified atom stereocenters. The molecule has 1 aliphatic rings. The molecule has 1 nitrogen and oxygen atoms in total. The minimum atomic E-state index is 0.148. The summed E-state index contributed by atoms with van der Waals surface area (Å²) in [6, 6.07) is 2.21. The fourth-order valence-corrected chi connectivity index (χ4v) is 2.08. The zero-order chi connectivity index (χ0) is 8.55. The molecule has 1 aromatic rings. The lowest BCUT2D eigenvalue weighted by molar-refractivity contribution is 0.648. The molecule has 1 aliphatic carbocycles. The Kier molecular flexibility index (Phi) is 2.05. The number of aromatic nitrogens is 1. The highest BCUT2D eigenvalue weighted by Gasteiger charge is 2.18. The summed E-state index contributed by atoms with van der Waals surface area (Å²) in [4.78, 5) is 4.37. The van der Waals surface area contributed by atoms with Crippen molar-refractivity contribution in [3.8, 4) is 0 Å². The lowest BCUT2D eigenvalue weighted by Gasteiger charge is -2.19. The quantitative estimate of drug-likeness (QED) is 0.561. The van der Waals surface area contributed by atoms with Crippen LogP contribution < -0.4 is 0 Å². The van der Waals surface area contributed by atoms with Crippen LogP contribution in [0.4, 0.5) is 0 Å². The van der Waals surface area contributed by atoms with Crippen molar-refractivity contribution in [1.82, 2.24) is 4.98 Å². The van der Waals surface area contributed by atoms with E-state index in [2.05, 4.69) is 18.0 Å². The molecule has 0 saturated heterocycles. The number of hydrogen-bond acceptors (Lipinski definition) is 1. The molecule has 12 heavy (non-hydrogen) atoms. The average Bonchev–Trinajstić information content (AvgIpc) is 2.04. The van der Waals surface area contributed by atoms with Crippen LogP contribution in [-0.2, 0) is 6.42 Å². The van der Waals surface area contributed by atoms with E-state index < -0.39 is 0 Å². The second kappa shape index (κ2) is 3.06. The molecule has 0 radical (unpaired) electrons. The predicted octanol–water partition coefficient (Wildman–Crippen LogP) is 3.01. The van der Waals surface area contributed by atoms with E-state index in [-0.39, 0.29) is 5.38 Å². The van der Waals surface area contributed by atoms with Gasteiger partial charge in [-0.15, -0.1) is 11.6 Å². The Labute approximate surface area is 77.8 Å². The van der Waals surface area contributed by atoms with E-state index in [9.17, 15) is 0 Å². The Bertz CT molecular complexity index is 296. The third-order valence-corrected chi connectivity index (χ3v) is 2.76. The minimum absolute atomic E-state index is 0.148. The van der Waals surface area contributed by atoms with Gasteiger partial charge in [-0.1, -0.05) is 6.07 Å². The van der Waals surface area contributed by atoms with Crippen molar-refractivity contribution in [2.45, 2.75) is 31.6 Å². The van der Waals surface area contributed by atoms with Crippen molar-refractivity contribution in [3.63, 3.8) is 0 Å². The summed E-state index contributed by atoms with van der Waals surface area (Å²) in [5.41, 5.74) is 3.69. The van der Waals surface area contributed by atoms with Crippen molar-refractivity contribution in [3.05, 3.63) is 29.1 Å². The first kappa shape index (κ1) is 8.06. The Balaban J connectivity index is 2.46. The highest BCUT2D eigenvalue weighted by atomic mass is 35.5. The molecule has 0 amide bonds. The first-order valence-corrected chi connectivity index (χ1v) is 4.80. The molecule has 0 spiro atoms. The molecular formula is C10H12ClN. The summed E-state index contributed by atoms with van der Waals surface area (Å²) in [6.07, 6.45) is 5.32. The van der Waals surface area contributed by atoms with Gasteiger partial charge in [0.05, 0.1) is 11.1 Å². The number of fused-ring (bicyclic) bond motifs is 1. The first-order valence-electron chi connectivity index (χ1n) is 4.37. The molecule has 64 valence electrons. The van der Waals surface area contributed by atoms with E-state index in [0.29, 0.717) is 0 Å². The van der Waals surface area contributed by atoms with Crippen molar-refractivity contribution >= 4 is 11.6 Å². The number of halogens is 1. The standard InChI is InChI=1S/C10H12ClN/c1-7-5-8-3-2-4-9(11)10(8)12-6-7/h5-6,9H,2-4H2,1H3. The van der Waals surface area contributed by atoms with E-state index in [1.807, 2.05) is 6.20 Å². The number of hydrogen-bond donors (Lipinski definition) is 0. The minimum Gasteiger partial charge on any atom is -0.259 e.